The Morgan fingerprint density at radius 1 is 1.27 bits per heavy atom. The molecule has 1 N–H and O–H groups in total. The third kappa shape index (κ3) is 3.83. The fourth-order valence-corrected chi connectivity index (χ4v) is 3.47. The van der Waals surface area contributed by atoms with Crippen molar-refractivity contribution in [2.75, 3.05) is 0 Å². The topological polar surface area (TPSA) is 85.1 Å². The molecule has 0 radical (unpaired) electrons. The van der Waals surface area contributed by atoms with Crippen molar-refractivity contribution >= 4 is 34.0 Å². The maximum atomic E-state index is 12.4. The van der Waals surface area contributed by atoms with Crippen LogP contribution in [0.3, 0.4) is 0 Å². The van der Waals surface area contributed by atoms with E-state index in [1.807, 2.05) is 25.1 Å². The first-order valence-electron chi connectivity index (χ1n) is 8.47. The Labute approximate surface area is 155 Å². The number of Topliss-reactive ketones (excluding diaryl/α,β-unsaturated/α-hetero) is 1. The van der Waals surface area contributed by atoms with Crippen molar-refractivity contribution in [3.05, 3.63) is 45.1 Å². The van der Waals surface area contributed by atoms with E-state index < -0.39 is 0 Å². The molecule has 0 saturated carbocycles. The van der Waals surface area contributed by atoms with Gasteiger partial charge in [-0.05, 0) is 18.6 Å². The van der Waals surface area contributed by atoms with Crippen LogP contribution in [-0.4, -0.2) is 21.9 Å². The Balaban J connectivity index is 1.76. The van der Waals surface area contributed by atoms with E-state index in [0.29, 0.717) is 23.6 Å². The third-order valence-corrected chi connectivity index (χ3v) is 5.24. The summed E-state index contributed by atoms with van der Waals surface area (Å²) >= 11 is 1.49. The maximum absolute atomic E-state index is 12.4. The molecule has 26 heavy (non-hydrogen) atoms. The zero-order chi connectivity index (χ0) is 18.8. The standard InChI is InChI=1S/C19H21N3O3S/c1-10(2)19-22-21-17(26-19)9-20-16(24)8-14-13-6-5-11(3)7-15(13)25-18(14)12(4)23/h5-7,10H,8-9H2,1-4H3,(H,20,24). The second-order valence-corrected chi connectivity index (χ2v) is 7.70. The molecule has 0 saturated heterocycles. The number of benzene rings is 1. The van der Waals surface area contributed by atoms with Crippen LogP contribution in [0.5, 0.6) is 0 Å². The van der Waals surface area contributed by atoms with E-state index in [1.165, 1.54) is 18.3 Å². The summed E-state index contributed by atoms with van der Waals surface area (Å²) in [6.45, 7) is 7.83. The van der Waals surface area contributed by atoms with Gasteiger partial charge >= 0.3 is 0 Å². The number of hydrogen-bond acceptors (Lipinski definition) is 6. The summed E-state index contributed by atoms with van der Waals surface area (Å²) in [5.74, 6) is 0.194. The first kappa shape index (κ1) is 18.3. The summed E-state index contributed by atoms with van der Waals surface area (Å²) in [7, 11) is 0. The van der Waals surface area contributed by atoms with Gasteiger partial charge in [-0.1, -0.05) is 37.3 Å². The molecule has 0 fully saturated rings. The van der Waals surface area contributed by atoms with E-state index in [-0.39, 0.29) is 23.9 Å². The van der Waals surface area contributed by atoms with Crippen molar-refractivity contribution in [2.24, 2.45) is 0 Å². The van der Waals surface area contributed by atoms with Crippen molar-refractivity contribution in [1.29, 1.82) is 0 Å². The van der Waals surface area contributed by atoms with Crippen LogP contribution in [0.25, 0.3) is 11.0 Å². The van der Waals surface area contributed by atoms with Crippen LogP contribution in [0.4, 0.5) is 0 Å². The molecule has 7 heteroatoms. The lowest BCUT2D eigenvalue weighted by atomic mass is 10.0. The van der Waals surface area contributed by atoms with Gasteiger partial charge in [0, 0.05) is 23.8 Å². The molecule has 0 aliphatic rings. The Bertz CT molecular complexity index is 972. The highest BCUT2D eigenvalue weighted by Gasteiger charge is 2.20. The molecule has 0 unspecified atom stereocenters. The number of nitrogens with zero attached hydrogens (tertiary/aromatic N) is 2. The molecule has 0 spiro atoms. The monoisotopic (exact) mass is 371 g/mol. The molecule has 136 valence electrons. The van der Waals surface area contributed by atoms with Gasteiger partial charge in [-0.15, -0.1) is 10.2 Å². The zero-order valence-electron chi connectivity index (χ0n) is 15.3. The smallest absolute Gasteiger partial charge is 0.224 e. The molecule has 1 amide bonds. The average Bonchev–Trinajstić information content (AvgIpc) is 3.18. The third-order valence-electron chi connectivity index (χ3n) is 4.02. The van der Waals surface area contributed by atoms with Crippen molar-refractivity contribution in [1.82, 2.24) is 15.5 Å². The number of amides is 1. The normalized spacial score (nSPS) is 11.3. The molecule has 0 atom stereocenters. The molecule has 0 bridgehead atoms. The predicted octanol–water partition coefficient (Wildman–Crippen LogP) is 3.78. The van der Waals surface area contributed by atoms with E-state index in [9.17, 15) is 9.59 Å². The number of hydrogen-bond donors (Lipinski definition) is 1. The van der Waals surface area contributed by atoms with Crippen LogP contribution in [0.15, 0.2) is 22.6 Å². The van der Waals surface area contributed by atoms with Gasteiger partial charge in [-0.3, -0.25) is 9.59 Å². The van der Waals surface area contributed by atoms with Crippen LogP contribution >= 0.6 is 11.3 Å². The van der Waals surface area contributed by atoms with E-state index >= 15 is 0 Å². The molecule has 2 aromatic heterocycles. The fraction of sp³-hybridized carbons (Fsp3) is 0.368. The maximum Gasteiger partial charge on any atom is 0.224 e. The van der Waals surface area contributed by atoms with E-state index in [4.69, 9.17) is 4.42 Å². The van der Waals surface area contributed by atoms with Gasteiger partial charge in [0.2, 0.25) is 5.91 Å². The number of ketones is 1. The lowest BCUT2D eigenvalue weighted by Gasteiger charge is -2.03. The Morgan fingerprint density at radius 2 is 2.04 bits per heavy atom. The predicted molar refractivity (Wildman–Crippen MR) is 101 cm³/mol. The summed E-state index contributed by atoms with van der Waals surface area (Å²) in [6, 6.07) is 5.71. The van der Waals surface area contributed by atoms with E-state index in [2.05, 4.69) is 29.4 Å². The van der Waals surface area contributed by atoms with Gasteiger partial charge in [0.1, 0.15) is 15.6 Å². The van der Waals surface area contributed by atoms with Crippen LogP contribution in [-0.2, 0) is 17.8 Å². The number of carbonyl (C=O) groups is 2. The van der Waals surface area contributed by atoms with Crippen molar-refractivity contribution < 1.29 is 14.0 Å². The van der Waals surface area contributed by atoms with Crippen LogP contribution in [0.2, 0.25) is 0 Å². The summed E-state index contributed by atoms with van der Waals surface area (Å²) in [5, 5.41) is 13.6. The van der Waals surface area contributed by atoms with Gasteiger partial charge in [0.05, 0.1) is 13.0 Å². The highest BCUT2D eigenvalue weighted by atomic mass is 32.1. The van der Waals surface area contributed by atoms with Gasteiger partial charge in [0.15, 0.2) is 11.5 Å². The molecule has 0 aliphatic carbocycles. The van der Waals surface area contributed by atoms with Gasteiger partial charge in [-0.2, -0.15) is 0 Å². The minimum Gasteiger partial charge on any atom is -0.453 e. The number of fused-ring (bicyclic) bond motifs is 1. The van der Waals surface area contributed by atoms with Crippen molar-refractivity contribution in [3.8, 4) is 0 Å². The highest BCUT2D eigenvalue weighted by molar-refractivity contribution is 7.11. The Kier molecular flexibility index (Phi) is 5.18. The molecule has 3 rings (SSSR count). The van der Waals surface area contributed by atoms with Crippen LogP contribution in [0.1, 0.15) is 58.4 Å². The van der Waals surface area contributed by atoms with Crippen molar-refractivity contribution in [2.45, 2.75) is 46.6 Å². The van der Waals surface area contributed by atoms with Gasteiger partial charge in [-0.25, -0.2) is 0 Å². The second kappa shape index (κ2) is 7.37. The largest absolute Gasteiger partial charge is 0.453 e. The molecule has 0 aliphatic heterocycles. The highest BCUT2D eigenvalue weighted by Crippen LogP contribution is 2.28. The quantitative estimate of drug-likeness (QED) is 0.667. The summed E-state index contributed by atoms with van der Waals surface area (Å²) in [6.07, 6.45) is 0.0841. The Morgan fingerprint density at radius 3 is 2.69 bits per heavy atom. The number of carbonyl (C=O) groups excluding carboxylic acids is 2. The Hall–Kier alpha value is -2.54. The van der Waals surface area contributed by atoms with Crippen molar-refractivity contribution in [3.63, 3.8) is 0 Å². The number of furan rings is 1. The lowest BCUT2D eigenvalue weighted by molar-refractivity contribution is -0.120. The van der Waals surface area contributed by atoms with Crippen LogP contribution in [0, 0.1) is 6.92 Å². The summed E-state index contributed by atoms with van der Waals surface area (Å²) < 4.78 is 5.68. The first-order chi connectivity index (χ1) is 12.3. The molecular formula is C19H21N3O3S. The number of rotatable bonds is 6. The molecule has 3 aromatic rings. The first-order valence-corrected chi connectivity index (χ1v) is 9.28. The second-order valence-electron chi connectivity index (χ2n) is 6.61. The van der Waals surface area contributed by atoms with E-state index in [0.717, 1.165) is 21.0 Å². The summed E-state index contributed by atoms with van der Waals surface area (Å²) in [4.78, 5) is 24.3. The lowest BCUT2D eigenvalue weighted by Crippen LogP contribution is -2.25. The number of aryl methyl sites for hydroxylation is 1. The average molecular weight is 371 g/mol. The fourth-order valence-electron chi connectivity index (χ4n) is 2.69. The molecule has 6 nitrogen and oxygen atoms in total. The van der Waals surface area contributed by atoms with E-state index in [1.54, 1.807) is 0 Å². The number of aromatic nitrogens is 2. The van der Waals surface area contributed by atoms with Gasteiger partial charge < -0.3 is 9.73 Å². The minimum atomic E-state index is -0.188. The summed E-state index contributed by atoms with van der Waals surface area (Å²) in [5.41, 5.74) is 2.29. The zero-order valence-corrected chi connectivity index (χ0v) is 16.1. The molecular weight excluding hydrogens is 350 g/mol. The molecule has 2 heterocycles. The minimum absolute atomic E-state index is 0.0841. The van der Waals surface area contributed by atoms with Gasteiger partial charge in [0.25, 0.3) is 0 Å². The number of nitrogens with one attached hydrogen (secondary N) is 1. The SMILES string of the molecule is CC(=O)c1oc2cc(C)ccc2c1CC(=O)NCc1nnc(C(C)C)s1. The van der Waals surface area contributed by atoms with Crippen LogP contribution < -0.4 is 5.32 Å². The molecule has 1 aromatic carbocycles.